The molecule has 0 aliphatic carbocycles. The molecule has 3 heterocycles. The summed E-state index contributed by atoms with van der Waals surface area (Å²) in [5, 5.41) is 24.3. The van der Waals surface area contributed by atoms with Crippen LogP contribution >= 0.6 is 0 Å². The van der Waals surface area contributed by atoms with E-state index < -0.39 is 5.60 Å². The Morgan fingerprint density at radius 1 is 1.25 bits per heavy atom. The van der Waals surface area contributed by atoms with Crippen molar-refractivity contribution in [2.75, 3.05) is 18.0 Å². The van der Waals surface area contributed by atoms with Crippen LogP contribution in [0.2, 0.25) is 0 Å². The number of ketones is 1. The van der Waals surface area contributed by atoms with Crippen molar-refractivity contribution in [3.05, 3.63) is 59.4 Å². The van der Waals surface area contributed by atoms with Crippen molar-refractivity contribution >= 4 is 17.2 Å². The van der Waals surface area contributed by atoms with E-state index in [9.17, 15) is 15.0 Å². The van der Waals surface area contributed by atoms with Gasteiger partial charge in [0.05, 0.1) is 30.0 Å². The number of aliphatic hydroxyl groups is 2. The molecule has 2 N–H and O–H groups in total. The molecule has 1 unspecified atom stereocenters. The predicted octanol–water partition coefficient (Wildman–Crippen LogP) is 1.95. The first-order valence-corrected chi connectivity index (χ1v) is 9.44. The maximum atomic E-state index is 12.8. The van der Waals surface area contributed by atoms with Gasteiger partial charge in [-0.1, -0.05) is 24.3 Å². The fourth-order valence-corrected chi connectivity index (χ4v) is 3.54. The van der Waals surface area contributed by atoms with Crippen molar-refractivity contribution in [3.8, 4) is 0 Å². The molecule has 0 bridgehead atoms. The quantitative estimate of drug-likeness (QED) is 0.658. The first-order chi connectivity index (χ1) is 13.3. The molecule has 1 saturated heterocycles. The first kappa shape index (κ1) is 18.6. The number of β-amino-alcohol motifs (C(OH)–C–C–N with tert-alkyl or cyclic N) is 1. The molecule has 28 heavy (non-hydrogen) atoms. The van der Waals surface area contributed by atoms with Gasteiger partial charge in [0.25, 0.3) is 0 Å². The Labute approximate surface area is 163 Å². The zero-order valence-electron chi connectivity index (χ0n) is 16.0. The molecular weight excluding hydrogens is 356 g/mol. The summed E-state index contributed by atoms with van der Waals surface area (Å²) in [6, 6.07) is 10.7. The SMILES string of the molecule is CC(C)(O)c1ccc(C(=O)Cc2cc(N3CCC(O)C3)n3nccc3n2)cc1. The number of carbonyl (C=O) groups is 1. The highest BCUT2D eigenvalue weighted by molar-refractivity contribution is 5.97. The number of aromatic nitrogens is 3. The average Bonchev–Trinajstić information content (AvgIpc) is 3.29. The van der Waals surface area contributed by atoms with Crippen LogP contribution in [0.25, 0.3) is 5.65 Å². The summed E-state index contributed by atoms with van der Waals surface area (Å²) < 4.78 is 1.74. The molecule has 0 saturated carbocycles. The second-order valence-electron chi connectivity index (χ2n) is 7.83. The Morgan fingerprint density at radius 2 is 2.00 bits per heavy atom. The van der Waals surface area contributed by atoms with Gasteiger partial charge in [-0.25, -0.2) is 4.98 Å². The number of aliphatic hydroxyl groups excluding tert-OH is 1. The van der Waals surface area contributed by atoms with Crippen LogP contribution in [-0.2, 0) is 12.0 Å². The van der Waals surface area contributed by atoms with Crippen LogP contribution in [0.15, 0.2) is 42.6 Å². The highest BCUT2D eigenvalue weighted by atomic mass is 16.3. The third-order valence-electron chi connectivity index (χ3n) is 5.14. The predicted molar refractivity (Wildman–Crippen MR) is 106 cm³/mol. The Hall–Kier alpha value is -2.77. The summed E-state index contributed by atoms with van der Waals surface area (Å²) in [4.78, 5) is 19.4. The van der Waals surface area contributed by atoms with Crippen molar-refractivity contribution in [1.82, 2.24) is 14.6 Å². The normalized spacial score (nSPS) is 17.4. The number of hydrogen-bond acceptors (Lipinski definition) is 6. The van der Waals surface area contributed by atoms with Gasteiger partial charge in [-0.2, -0.15) is 9.61 Å². The zero-order chi connectivity index (χ0) is 19.9. The molecule has 1 aliphatic heterocycles. The molecule has 146 valence electrons. The van der Waals surface area contributed by atoms with Crippen LogP contribution < -0.4 is 4.90 Å². The van der Waals surface area contributed by atoms with Crippen LogP contribution in [-0.4, -0.2) is 49.8 Å². The van der Waals surface area contributed by atoms with E-state index in [4.69, 9.17) is 0 Å². The molecule has 1 aromatic carbocycles. The van der Waals surface area contributed by atoms with Gasteiger partial charge < -0.3 is 15.1 Å². The van der Waals surface area contributed by atoms with Crippen molar-refractivity contribution in [2.24, 2.45) is 0 Å². The van der Waals surface area contributed by atoms with Crippen molar-refractivity contribution in [2.45, 2.75) is 38.4 Å². The van der Waals surface area contributed by atoms with E-state index in [0.717, 1.165) is 17.9 Å². The van der Waals surface area contributed by atoms with E-state index in [0.29, 0.717) is 29.9 Å². The van der Waals surface area contributed by atoms with Gasteiger partial charge in [0.15, 0.2) is 11.4 Å². The largest absolute Gasteiger partial charge is 0.391 e. The lowest BCUT2D eigenvalue weighted by atomic mass is 9.96. The number of anilines is 1. The second-order valence-corrected chi connectivity index (χ2v) is 7.83. The van der Waals surface area contributed by atoms with Crippen LogP contribution in [0.3, 0.4) is 0 Å². The fraction of sp³-hybridized carbons (Fsp3) is 0.381. The molecule has 1 fully saturated rings. The Kier molecular flexibility index (Phi) is 4.64. The molecule has 1 atom stereocenters. The highest BCUT2D eigenvalue weighted by Gasteiger charge is 2.24. The third kappa shape index (κ3) is 3.63. The standard InChI is InChI=1S/C21H24N4O3/c1-21(2,28)15-5-3-14(4-6-15)18(27)11-16-12-20(24-10-8-17(26)13-24)25-19(23-16)7-9-22-25/h3-7,9,12,17,26,28H,8,10-11,13H2,1-2H3. The summed E-state index contributed by atoms with van der Waals surface area (Å²) in [6.45, 7) is 4.72. The first-order valence-electron chi connectivity index (χ1n) is 9.44. The molecule has 7 heteroatoms. The van der Waals surface area contributed by atoms with Crippen LogP contribution in [0, 0.1) is 0 Å². The number of nitrogens with zero attached hydrogens (tertiary/aromatic N) is 4. The number of Topliss-reactive ketones (excluding diaryl/α,β-unsaturated/α-hetero) is 1. The van der Waals surface area contributed by atoms with Gasteiger partial charge in [0.1, 0.15) is 5.82 Å². The maximum Gasteiger partial charge on any atom is 0.168 e. The van der Waals surface area contributed by atoms with Crippen molar-refractivity contribution in [1.29, 1.82) is 0 Å². The van der Waals surface area contributed by atoms with Crippen molar-refractivity contribution < 1.29 is 15.0 Å². The Bertz CT molecular complexity index is 1000. The minimum atomic E-state index is -0.939. The summed E-state index contributed by atoms with van der Waals surface area (Å²) >= 11 is 0. The van der Waals surface area contributed by atoms with Gasteiger partial charge in [0, 0.05) is 30.8 Å². The second kappa shape index (κ2) is 7.00. The van der Waals surface area contributed by atoms with Gasteiger partial charge in [-0.3, -0.25) is 4.79 Å². The minimum Gasteiger partial charge on any atom is -0.391 e. The number of fused-ring (bicyclic) bond motifs is 1. The lowest BCUT2D eigenvalue weighted by Crippen LogP contribution is -2.24. The van der Waals surface area contributed by atoms with Crippen LogP contribution in [0.4, 0.5) is 5.82 Å². The number of rotatable bonds is 5. The van der Waals surface area contributed by atoms with Crippen LogP contribution in [0.1, 0.15) is 41.9 Å². The van der Waals surface area contributed by atoms with E-state index in [1.165, 1.54) is 0 Å². The molecule has 1 aliphatic rings. The molecule has 3 aromatic rings. The molecule has 0 radical (unpaired) electrons. The third-order valence-corrected chi connectivity index (χ3v) is 5.14. The average molecular weight is 380 g/mol. The summed E-state index contributed by atoms with van der Waals surface area (Å²) in [5.41, 5.74) is 1.75. The summed E-state index contributed by atoms with van der Waals surface area (Å²) in [6.07, 6.45) is 2.22. The zero-order valence-corrected chi connectivity index (χ0v) is 16.0. The van der Waals surface area contributed by atoms with E-state index >= 15 is 0 Å². The Balaban J connectivity index is 1.60. The van der Waals surface area contributed by atoms with Gasteiger partial charge >= 0.3 is 0 Å². The molecule has 0 amide bonds. The smallest absolute Gasteiger partial charge is 0.168 e. The Morgan fingerprint density at radius 3 is 2.64 bits per heavy atom. The van der Waals surface area contributed by atoms with Crippen LogP contribution in [0.5, 0.6) is 0 Å². The van der Waals surface area contributed by atoms with Gasteiger partial charge in [0.2, 0.25) is 0 Å². The number of carbonyl (C=O) groups excluding carboxylic acids is 1. The maximum absolute atomic E-state index is 12.8. The van der Waals surface area contributed by atoms with E-state index in [-0.39, 0.29) is 18.3 Å². The van der Waals surface area contributed by atoms with E-state index in [1.807, 2.05) is 12.1 Å². The van der Waals surface area contributed by atoms with Crippen molar-refractivity contribution in [3.63, 3.8) is 0 Å². The monoisotopic (exact) mass is 380 g/mol. The van der Waals surface area contributed by atoms with E-state index in [1.54, 1.807) is 48.8 Å². The minimum absolute atomic E-state index is 0.0360. The summed E-state index contributed by atoms with van der Waals surface area (Å²) in [5.74, 6) is 0.804. The van der Waals surface area contributed by atoms with Gasteiger partial charge in [-0.05, 0) is 25.8 Å². The molecule has 7 nitrogen and oxygen atoms in total. The number of benzene rings is 1. The molecule has 0 spiro atoms. The fourth-order valence-electron chi connectivity index (χ4n) is 3.54. The topological polar surface area (TPSA) is 91.0 Å². The summed E-state index contributed by atoms with van der Waals surface area (Å²) in [7, 11) is 0. The lowest BCUT2D eigenvalue weighted by Gasteiger charge is -2.19. The molecule has 4 rings (SSSR count). The lowest BCUT2D eigenvalue weighted by molar-refractivity contribution is 0.0784. The van der Waals surface area contributed by atoms with E-state index in [2.05, 4.69) is 15.0 Å². The molecule has 2 aromatic heterocycles. The molecular formula is C21H24N4O3. The van der Waals surface area contributed by atoms with Gasteiger partial charge in [-0.15, -0.1) is 0 Å². The highest BCUT2D eigenvalue weighted by Crippen LogP contribution is 2.23. The number of hydrogen-bond donors (Lipinski definition) is 2.